The molecule has 1 rings (SSSR count). The molecule has 0 aromatic heterocycles. The predicted octanol–water partition coefficient (Wildman–Crippen LogP) is 1.47. The van der Waals surface area contributed by atoms with Gasteiger partial charge in [0.1, 0.15) is 0 Å². The first kappa shape index (κ1) is 13.9. The molecule has 96 valence electrons. The third-order valence-corrected chi connectivity index (χ3v) is 3.36. The summed E-state index contributed by atoms with van der Waals surface area (Å²) in [5.74, 6) is 0. The Kier molecular flexibility index (Phi) is 4.38. The number of nitrogens with one attached hydrogen (secondary N) is 1. The highest BCUT2D eigenvalue weighted by molar-refractivity contribution is 4.90. The second-order valence-corrected chi connectivity index (χ2v) is 6.81. The van der Waals surface area contributed by atoms with E-state index in [2.05, 4.69) is 44.8 Å². The molecule has 1 heterocycles. The van der Waals surface area contributed by atoms with Gasteiger partial charge < -0.3 is 10.4 Å². The van der Waals surface area contributed by atoms with Gasteiger partial charge in [-0.25, -0.2) is 0 Å². The standard InChI is InChI=1S/C13H28N2O/c1-12(2,3)15-8-11(6-7-16)14-9-13(4,5)10-15/h11,14,16H,6-10H2,1-5H3. The quantitative estimate of drug-likeness (QED) is 0.751. The van der Waals surface area contributed by atoms with Crippen LogP contribution in [0.5, 0.6) is 0 Å². The van der Waals surface area contributed by atoms with Crippen molar-refractivity contribution >= 4 is 0 Å². The van der Waals surface area contributed by atoms with Crippen molar-refractivity contribution in [2.75, 3.05) is 26.2 Å². The molecule has 2 N–H and O–H groups in total. The molecule has 0 saturated carbocycles. The maximum absolute atomic E-state index is 9.07. The van der Waals surface area contributed by atoms with E-state index in [1.807, 2.05) is 0 Å². The van der Waals surface area contributed by atoms with E-state index in [0.717, 1.165) is 26.1 Å². The molecule has 3 nitrogen and oxygen atoms in total. The summed E-state index contributed by atoms with van der Waals surface area (Å²) in [6.07, 6.45) is 0.850. The Morgan fingerprint density at radius 2 is 2.00 bits per heavy atom. The summed E-state index contributed by atoms with van der Waals surface area (Å²) in [4.78, 5) is 2.54. The van der Waals surface area contributed by atoms with Crippen molar-refractivity contribution in [1.82, 2.24) is 10.2 Å². The fourth-order valence-electron chi connectivity index (χ4n) is 2.25. The molecule has 0 aromatic rings. The number of rotatable bonds is 2. The van der Waals surface area contributed by atoms with Gasteiger partial charge >= 0.3 is 0 Å². The van der Waals surface area contributed by atoms with E-state index in [9.17, 15) is 0 Å². The van der Waals surface area contributed by atoms with Crippen molar-refractivity contribution in [3.05, 3.63) is 0 Å². The van der Waals surface area contributed by atoms with Crippen LogP contribution < -0.4 is 5.32 Å². The first-order valence-corrected chi connectivity index (χ1v) is 6.34. The highest BCUT2D eigenvalue weighted by Gasteiger charge is 2.33. The Labute approximate surface area is 100 Å². The molecule has 1 atom stereocenters. The van der Waals surface area contributed by atoms with E-state index >= 15 is 0 Å². The molecule has 0 bridgehead atoms. The summed E-state index contributed by atoms with van der Waals surface area (Å²) >= 11 is 0. The molecule has 3 heteroatoms. The summed E-state index contributed by atoms with van der Waals surface area (Å²) in [6.45, 7) is 14.9. The van der Waals surface area contributed by atoms with Gasteiger partial charge in [-0.2, -0.15) is 0 Å². The fraction of sp³-hybridized carbons (Fsp3) is 1.00. The molecular weight excluding hydrogens is 200 g/mol. The van der Waals surface area contributed by atoms with Gasteiger partial charge in [-0.15, -0.1) is 0 Å². The molecule has 0 aliphatic carbocycles. The lowest BCUT2D eigenvalue weighted by molar-refractivity contribution is 0.0951. The molecular formula is C13H28N2O. The Morgan fingerprint density at radius 1 is 1.38 bits per heavy atom. The molecule has 1 saturated heterocycles. The predicted molar refractivity (Wildman–Crippen MR) is 68.6 cm³/mol. The van der Waals surface area contributed by atoms with Crippen LogP contribution in [0.25, 0.3) is 0 Å². The molecule has 1 aliphatic heterocycles. The van der Waals surface area contributed by atoms with Crippen LogP contribution in [0.2, 0.25) is 0 Å². The lowest BCUT2D eigenvalue weighted by atomic mass is 9.91. The molecule has 0 aromatic carbocycles. The van der Waals surface area contributed by atoms with E-state index in [1.165, 1.54) is 0 Å². The van der Waals surface area contributed by atoms with Crippen LogP contribution in [0.1, 0.15) is 41.0 Å². The molecule has 16 heavy (non-hydrogen) atoms. The summed E-state index contributed by atoms with van der Waals surface area (Å²) < 4.78 is 0. The second-order valence-electron chi connectivity index (χ2n) is 6.81. The molecule has 0 spiro atoms. The first-order valence-electron chi connectivity index (χ1n) is 6.34. The van der Waals surface area contributed by atoms with Gasteiger partial charge in [0.2, 0.25) is 0 Å². The zero-order valence-electron chi connectivity index (χ0n) is 11.5. The number of aliphatic hydroxyl groups is 1. The summed E-state index contributed by atoms with van der Waals surface area (Å²) in [5.41, 5.74) is 0.508. The van der Waals surface area contributed by atoms with E-state index in [-0.39, 0.29) is 12.1 Å². The Bertz CT molecular complexity index is 220. The average molecular weight is 228 g/mol. The van der Waals surface area contributed by atoms with Gasteiger partial charge in [-0.1, -0.05) is 13.8 Å². The van der Waals surface area contributed by atoms with Crippen molar-refractivity contribution in [1.29, 1.82) is 0 Å². The largest absolute Gasteiger partial charge is 0.396 e. The SMILES string of the molecule is CC1(C)CNC(CCO)CN(C(C)(C)C)C1. The van der Waals surface area contributed by atoms with Gasteiger partial charge in [0, 0.05) is 37.8 Å². The number of nitrogens with zero attached hydrogens (tertiary/aromatic N) is 1. The van der Waals surface area contributed by atoms with Crippen LogP contribution in [0, 0.1) is 5.41 Å². The van der Waals surface area contributed by atoms with Gasteiger partial charge in [0.05, 0.1) is 0 Å². The van der Waals surface area contributed by atoms with Crippen LogP contribution in [0.15, 0.2) is 0 Å². The third-order valence-electron chi connectivity index (χ3n) is 3.36. The average Bonchev–Trinajstić information content (AvgIpc) is 2.25. The van der Waals surface area contributed by atoms with Crippen molar-refractivity contribution in [2.45, 2.75) is 52.6 Å². The van der Waals surface area contributed by atoms with Crippen LogP contribution >= 0.6 is 0 Å². The monoisotopic (exact) mass is 228 g/mol. The van der Waals surface area contributed by atoms with Crippen molar-refractivity contribution < 1.29 is 5.11 Å². The highest BCUT2D eigenvalue weighted by Crippen LogP contribution is 2.25. The van der Waals surface area contributed by atoms with E-state index in [4.69, 9.17) is 5.11 Å². The second kappa shape index (κ2) is 5.03. The van der Waals surface area contributed by atoms with Gasteiger partial charge in [-0.05, 0) is 32.6 Å². The number of hydrogen-bond donors (Lipinski definition) is 2. The summed E-state index contributed by atoms with van der Waals surface area (Å²) in [7, 11) is 0. The minimum absolute atomic E-state index is 0.205. The van der Waals surface area contributed by atoms with E-state index < -0.39 is 0 Å². The summed E-state index contributed by atoms with van der Waals surface area (Å²) in [6, 6.07) is 0.422. The van der Waals surface area contributed by atoms with Crippen LogP contribution in [-0.2, 0) is 0 Å². The van der Waals surface area contributed by atoms with Crippen molar-refractivity contribution in [2.24, 2.45) is 5.41 Å². The van der Waals surface area contributed by atoms with Crippen molar-refractivity contribution in [3.63, 3.8) is 0 Å². The van der Waals surface area contributed by atoms with Crippen molar-refractivity contribution in [3.8, 4) is 0 Å². The highest BCUT2D eigenvalue weighted by atomic mass is 16.3. The Morgan fingerprint density at radius 3 is 2.50 bits per heavy atom. The van der Waals surface area contributed by atoms with E-state index in [0.29, 0.717) is 11.5 Å². The van der Waals surface area contributed by atoms with Gasteiger partial charge in [-0.3, -0.25) is 4.90 Å². The molecule has 1 unspecified atom stereocenters. The molecule has 1 fully saturated rings. The summed E-state index contributed by atoms with van der Waals surface area (Å²) in [5, 5.41) is 12.6. The lowest BCUT2D eigenvalue weighted by Crippen LogP contribution is -2.48. The normalized spacial score (nSPS) is 27.8. The maximum Gasteiger partial charge on any atom is 0.0446 e. The van der Waals surface area contributed by atoms with E-state index in [1.54, 1.807) is 0 Å². The zero-order valence-corrected chi connectivity index (χ0v) is 11.5. The number of aliphatic hydroxyl groups excluding tert-OH is 1. The third kappa shape index (κ3) is 4.04. The maximum atomic E-state index is 9.07. The minimum Gasteiger partial charge on any atom is -0.396 e. The minimum atomic E-state index is 0.205. The Balaban J connectivity index is 2.74. The zero-order chi connectivity index (χ0) is 12.4. The lowest BCUT2D eigenvalue weighted by Gasteiger charge is -2.39. The molecule has 0 amide bonds. The Hall–Kier alpha value is -0.120. The van der Waals surface area contributed by atoms with Gasteiger partial charge in [0.25, 0.3) is 0 Å². The van der Waals surface area contributed by atoms with Crippen LogP contribution in [0.3, 0.4) is 0 Å². The van der Waals surface area contributed by atoms with Crippen LogP contribution in [0.4, 0.5) is 0 Å². The molecule has 0 radical (unpaired) electrons. The van der Waals surface area contributed by atoms with Gasteiger partial charge in [0.15, 0.2) is 0 Å². The smallest absolute Gasteiger partial charge is 0.0446 e. The topological polar surface area (TPSA) is 35.5 Å². The molecule has 1 aliphatic rings. The number of hydrogen-bond acceptors (Lipinski definition) is 3. The fourth-order valence-corrected chi connectivity index (χ4v) is 2.25. The first-order chi connectivity index (χ1) is 7.24. The van der Waals surface area contributed by atoms with Crippen LogP contribution in [-0.4, -0.2) is 47.8 Å².